The third kappa shape index (κ3) is 4.52. The molecule has 3 heterocycles. The first-order valence-electron chi connectivity index (χ1n) is 10.2. The predicted octanol–water partition coefficient (Wildman–Crippen LogP) is 3.18. The fourth-order valence-corrected chi connectivity index (χ4v) is 3.77. The van der Waals surface area contributed by atoms with E-state index in [2.05, 4.69) is 9.97 Å². The van der Waals surface area contributed by atoms with Gasteiger partial charge in [-0.2, -0.15) is 0 Å². The van der Waals surface area contributed by atoms with Crippen molar-refractivity contribution in [1.29, 1.82) is 0 Å². The van der Waals surface area contributed by atoms with E-state index in [1.54, 1.807) is 30.0 Å². The number of rotatable bonds is 7. The SMILES string of the molecule is Cc1cc(C(C)N2Cc3ccc(-c4cc(C(=O)[O-])ccn4)cc3C2=O)ncc1OCC(F)F. The van der Waals surface area contributed by atoms with Gasteiger partial charge in [-0.3, -0.25) is 14.8 Å². The number of hydrogen-bond donors (Lipinski definition) is 0. The lowest BCUT2D eigenvalue weighted by Crippen LogP contribution is -2.28. The molecule has 4 rings (SSSR count). The fraction of sp³-hybridized carbons (Fsp3) is 0.250. The minimum atomic E-state index is -2.58. The fourth-order valence-electron chi connectivity index (χ4n) is 3.77. The molecule has 0 saturated heterocycles. The molecule has 9 heteroatoms. The number of aryl methyl sites for hydroxylation is 1. The number of aromatic nitrogens is 2. The first-order valence-corrected chi connectivity index (χ1v) is 10.2. The summed E-state index contributed by atoms with van der Waals surface area (Å²) in [5, 5.41) is 11.1. The summed E-state index contributed by atoms with van der Waals surface area (Å²) < 4.78 is 29.9. The molecule has 1 unspecified atom stereocenters. The molecule has 1 aliphatic rings. The molecule has 1 atom stereocenters. The van der Waals surface area contributed by atoms with Crippen LogP contribution in [0.5, 0.6) is 5.75 Å². The van der Waals surface area contributed by atoms with E-state index in [-0.39, 0.29) is 23.3 Å². The number of alkyl halides is 2. The second kappa shape index (κ2) is 8.93. The van der Waals surface area contributed by atoms with Crippen LogP contribution < -0.4 is 9.84 Å². The molecule has 0 aliphatic carbocycles. The summed E-state index contributed by atoms with van der Waals surface area (Å²) in [6, 6.07) is 9.42. The third-order valence-electron chi connectivity index (χ3n) is 5.58. The molecule has 3 aromatic rings. The van der Waals surface area contributed by atoms with Gasteiger partial charge < -0.3 is 19.5 Å². The number of pyridine rings is 2. The Labute approximate surface area is 188 Å². The summed E-state index contributed by atoms with van der Waals surface area (Å²) >= 11 is 0. The van der Waals surface area contributed by atoms with Crippen LogP contribution >= 0.6 is 0 Å². The van der Waals surface area contributed by atoms with Crippen molar-refractivity contribution in [1.82, 2.24) is 14.9 Å². The van der Waals surface area contributed by atoms with Crippen LogP contribution in [-0.2, 0) is 6.54 Å². The lowest BCUT2D eigenvalue weighted by molar-refractivity contribution is -0.255. The van der Waals surface area contributed by atoms with Crippen LogP contribution in [0.2, 0.25) is 0 Å². The summed E-state index contributed by atoms with van der Waals surface area (Å²) in [4.78, 5) is 34.5. The molecule has 170 valence electrons. The molecule has 0 N–H and O–H groups in total. The van der Waals surface area contributed by atoms with Gasteiger partial charge in [0.2, 0.25) is 0 Å². The number of carbonyl (C=O) groups excluding carboxylic acids is 2. The average Bonchev–Trinajstić information content (AvgIpc) is 3.13. The molecule has 33 heavy (non-hydrogen) atoms. The zero-order valence-corrected chi connectivity index (χ0v) is 17.9. The van der Waals surface area contributed by atoms with Gasteiger partial charge in [-0.15, -0.1) is 0 Å². The van der Waals surface area contributed by atoms with Crippen LogP contribution in [-0.4, -0.2) is 39.8 Å². The van der Waals surface area contributed by atoms with Gasteiger partial charge in [0.15, 0.2) is 0 Å². The number of carboxylic acids is 1. The summed E-state index contributed by atoms with van der Waals surface area (Å²) in [6.07, 6.45) is 0.199. The standard InChI is InChI=1S/C24H21F2N3O4/c1-13-7-19(28-10-21(13)33-12-22(25)26)14(2)29-11-17-4-3-15(8-18(17)23(29)30)20-9-16(24(31)32)5-6-27-20/h3-10,14,22H,11-12H2,1-2H3,(H,31,32)/p-1. The van der Waals surface area contributed by atoms with Crippen molar-refractivity contribution in [3.05, 3.63) is 76.7 Å². The Bertz CT molecular complexity index is 1230. The van der Waals surface area contributed by atoms with Crippen LogP contribution in [0, 0.1) is 6.92 Å². The van der Waals surface area contributed by atoms with Crippen molar-refractivity contribution < 1.29 is 28.2 Å². The van der Waals surface area contributed by atoms with Crippen molar-refractivity contribution in [2.75, 3.05) is 6.61 Å². The molecule has 1 aromatic carbocycles. The maximum Gasteiger partial charge on any atom is 0.272 e. The molecule has 7 nitrogen and oxygen atoms in total. The number of benzene rings is 1. The van der Waals surface area contributed by atoms with Gasteiger partial charge in [-0.05, 0) is 49.2 Å². The van der Waals surface area contributed by atoms with Crippen molar-refractivity contribution in [3.63, 3.8) is 0 Å². The second-order valence-corrected chi connectivity index (χ2v) is 7.77. The number of carbonyl (C=O) groups is 2. The average molecular weight is 452 g/mol. The molecular weight excluding hydrogens is 432 g/mol. The van der Waals surface area contributed by atoms with E-state index in [9.17, 15) is 23.5 Å². The highest BCUT2D eigenvalue weighted by atomic mass is 19.3. The molecule has 0 fully saturated rings. The van der Waals surface area contributed by atoms with E-state index < -0.39 is 19.0 Å². The molecule has 0 saturated carbocycles. The number of halogens is 2. The van der Waals surface area contributed by atoms with Gasteiger partial charge in [-0.1, -0.05) is 12.1 Å². The van der Waals surface area contributed by atoms with E-state index in [0.717, 1.165) is 5.56 Å². The summed E-state index contributed by atoms with van der Waals surface area (Å²) in [7, 11) is 0. The third-order valence-corrected chi connectivity index (χ3v) is 5.58. The molecule has 1 amide bonds. The smallest absolute Gasteiger partial charge is 0.272 e. The Morgan fingerprint density at radius 1 is 1.21 bits per heavy atom. The van der Waals surface area contributed by atoms with Crippen LogP contribution in [0.1, 0.15) is 50.5 Å². The van der Waals surface area contributed by atoms with Crippen LogP contribution in [0.3, 0.4) is 0 Å². The predicted molar refractivity (Wildman–Crippen MR) is 113 cm³/mol. The normalized spacial score (nSPS) is 13.8. The van der Waals surface area contributed by atoms with E-state index in [4.69, 9.17) is 4.74 Å². The Morgan fingerprint density at radius 2 is 2.00 bits per heavy atom. The number of amides is 1. The quantitative estimate of drug-likeness (QED) is 0.547. The van der Waals surface area contributed by atoms with Gasteiger partial charge in [0.1, 0.15) is 12.4 Å². The highest BCUT2D eigenvalue weighted by Gasteiger charge is 2.32. The van der Waals surface area contributed by atoms with E-state index in [1.165, 1.54) is 24.5 Å². The number of nitrogens with zero attached hydrogens (tertiary/aromatic N) is 3. The zero-order valence-electron chi connectivity index (χ0n) is 17.9. The summed E-state index contributed by atoms with van der Waals surface area (Å²) in [5.74, 6) is -1.21. The maximum absolute atomic E-state index is 13.2. The van der Waals surface area contributed by atoms with Gasteiger partial charge in [0.25, 0.3) is 12.3 Å². The Balaban J connectivity index is 1.56. The molecule has 0 radical (unpaired) electrons. The Hall–Kier alpha value is -3.88. The maximum atomic E-state index is 13.2. The van der Waals surface area contributed by atoms with Gasteiger partial charge in [-0.25, -0.2) is 8.78 Å². The van der Waals surface area contributed by atoms with Gasteiger partial charge in [0, 0.05) is 29.4 Å². The number of ether oxygens (including phenoxy) is 1. The number of hydrogen-bond acceptors (Lipinski definition) is 6. The van der Waals surface area contributed by atoms with E-state index in [0.29, 0.717) is 34.6 Å². The summed E-state index contributed by atoms with van der Waals surface area (Å²) in [5.41, 5.74) is 3.66. The lowest BCUT2D eigenvalue weighted by atomic mass is 10.0. The molecule has 2 aromatic heterocycles. The van der Waals surface area contributed by atoms with Crippen molar-refractivity contribution in [3.8, 4) is 17.0 Å². The number of aromatic carboxylic acids is 1. The second-order valence-electron chi connectivity index (χ2n) is 7.77. The number of fused-ring (bicyclic) bond motifs is 1. The van der Waals surface area contributed by atoms with Crippen molar-refractivity contribution >= 4 is 11.9 Å². The number of carboxylic acid groups (broad SMARTS) is 1. The monoisotopic (exact) mass is 452 g/mol. The van der Waals surface area contributed by atoms with Crippen LogP contribution in [0.4, 0.5) is 8.78 Å². The summed E-state index contributed by atoms with van der Waals surface area (Å²) in [6.45, 7) is 3.25. The lowest BCUT2D eigenvalue weighted by Gasteiger charge is -2.24. The largest absolute Gasteiger partial charge is 0.545 e. The highest BCUT2D eigenvalue weighted by Crippen LogP contribution is 2.34. The molecule has 0 bridgehead atoms. The van der Waals surface area contributed by atoms with Crippen molar-refractivity contribution in [2.45, 2.75) is 32.9 Å². The zero-order chi connectivity index (χ0) is 23.7. The van der Waals surface area contributed by atoms with Gasteiger partial charge in [0.05, 0.1) is 29.6 Å². The first-order chi connectivity index (χ1) is 15.7. The van der Waals surface area contributed by atoms with E-state index in [1.807, 2.05) is 13.0 Å². The Kier molecular flexibility index (Phi) is 6.04. The van der Waals surface area contributed by atoms with Gasteiger partial charge >= 0.3 is 0 Å². The first kappa shape index (κ1) is 22.3. The van der Waals surface area contributed by atoms with Crippen LogP contribution in [0.15, 0.2) is 48.8 Å². The molecular formula is C24H20F2N3O4-. The minimum absolute atomic E-state index is 0.00416. The minimum Gasteiger partial charge on any atom is -0.545 e. The topological polar surface area (TPSA) is 95.5 Å². The molecule has 1 aliphatic heterocycles. The Morgan fingerprint density at radius 3 is 2.70 bits per heavy atom. The molecule has 0 spiro atoms. The highest BCUT2D eigenvalue weighted by molar-refractivity contribution is 5.99. The van der Waals surface area contributed by atoms with Crippen molar-refractivity contribution in [2.24, 2.45) is 0 Å². The van der Waals surface area contributed by atoms with E-state index >= 15 is 0 Å². The van der Waals surface area contributed by atoms with Crippen LogP contribution in [0.25, 0.3) is 11.3 Å².